The van der Waals surface area contributed by atoms with E-state index >= 15 is 0 Å². The van der Waals surface area contributed by atoms with E-state index in [1.807, 2.05) is 6.92 Å². The molecule has 1 fully saturated rings. The van der Waals surface area contributed by atoms with Crippen molar-refractivity contribution in [2.24, 2.45) is 5.73 Å². The van der Waals surface area contributed by atoms with Crippen molar-refractivity contribution in [1.82, 2.24) is 10.2 Å². The third kappa shape index (κ3) is 2.92. The Balaban J connectivity index is 2.55. The van der Waals surface area contributed by atoms with Crippen LogP contribution < -0.4 is 11.1 Å². The molecule has 0 spiro atoms. The predicted octanol–water partition coefficient (Wildman–Crippen LogP) is -0.539. The van der Waals surface area contributed by atoms with Gasteiger partial charge in [-0.1, -0.05) is 0 Å². The minimum atomic E-state index is -0.295. The lowest BCUT2D eigenvalue weighted by atomic mass is 10.2. The predicted molar refractivity (Wildman–Crippen MR) is 57.1 cm³/mol. The first-order valence-electron chi connectivity index (χ1n) is 5.34. The first kappa shape index (κ1) is 12.0. The van der Waals surface area contributed by atoms with Crippen LogP contribution in [0.4, 0.5) is 0 Å². The molecule has 86 valence electrons. The van der Waals surface area contributed by atoms with Crippen molar-refractivity contribution in [3.8, 4) is 0 Å². The molecule has 1 rings (SSSR count). The van der Waals surface area contributed by atoms with Crippen LogP contribution in [-0.4, -0.2) is 41.9 Å². The molecule has 0 aliphatic carbocycles. The number of likely N-dealkylation sites (tertiary alicyclic amines) is 1. The topological polar surface area (TPSA) is 75.4 Å². The normalized spacial score (nSPS) is 22.6. The average molecular weight is 213 g/mol. The molecule has 0 radical (unpaired) electrons. The first-order chi connectivity index (χ1) is 7.06. The van der Waals surface area contributed by atoms with E-state index in [1.165, 1.54) is 6.92 Å². The molecule has 1 unspecified atom stereocenters. The lowest BCUT2D eigenvalue weighted by Gasteiger charge is -2.23. The molecule has 0 bridgehead atoms. The number of nitrogens with one attached hydrogen (secondary N) is 1. The van der Waals surface area contributed by atoms with Crippen LogP contribution in [0.1, 0.15) is 26.7 Å². The third-order valence-electron chi connectivity index (χ3n) is 2.70. The van der Waals surface area contributed by atoms with E-state index in [0.29, 0.717) is 13.1 Å². The zero-order valence-electron chi connectivity index (χ0n) is 9.32. The number of nitrogens with zero attached hydrogens (tertiary/aromatic N) is 1. The molecule has 2 amide bonds. The van der Waals surface area contributed by atoms with Crippen molar-refractivity contribution in [2.75, 3.05) is 13.1 Å². The summed E-state index contributed by atoms with van der Waals surface area (Å²) in [7, 11) is 0. The van der Waals surface area contributed by atoms with E-state index in [0.717, 1.165) is 12.8 Å². The van der Waals surface area contributed by atoms with E-state index in [2.05, 4.69) is 5.32 Å². The van der Waals surface area contributed by atoms with Crippen LogP contribution in [0.15, 0.2) is 0 Å². The molecule has 3 N–H and O–H groups in total. The summed E-state index contributed by atoms with van der Waals surface area (Å²) in [6, 6.07) is -0.330. The van der Waals surface area contributed by atoms with Crippen molar-refractivity contribution < 1.29 is 9.59 Å². The van der Waals surface area contributed by atoms with Crippen LogP contribution in [0.3, 0.4) is 0 Å². The molecule has 0 aromatic carbocycles. The molecule has 1 aliphatic heterocycles. The van der Waals surface area contributed by atoms with Crippen molar-refractivity contribution in [1.29, 1.82) is 0 Å². The summed E-state index contributed by atoms with van der Waals surface area (Å²) >= 11 is 0. The average Bonchev–Trinajstić information content (AvgIpc) is 2.65. The highest BCUT2D eigenvalue weighted by molar-refractivity contribution is 5.87. The van der Waals surface area contributed by atoms with Gasteiger partial charge in [0, 0.05) is 26.1 Å². The summed E-state index contributed by atoms with van der Waals surface area (Å²) in [5.41, 5.74) is 5.42. The molecular formula is C10H19N3O2. The lowest BCUT2D eigenvalue weighted by molar-refractivity contribution is -0.137. The Morgan fingerprint density at radius 3 is 2.80 bits per heavy atom. The second kappa shape index (κ2) is 5.11. The number of nitrogens with two attached hydrogens (primary N) is 1. The van der Waals surface area contributed by atoms with Gasteiger partial charge in [-0.3, -0.25) is 9.59 Å². The van der Waals surface area contributed by atoms with E-state index in [9.17, 15) is 9.59 Å². The molecule has 1 saturated heterocycles. The monoisotopic (exact) mass is 213 g/mol. The van der Waals surface area contributed by atoms with Gasteiger partial charge in [0.2, 0.25) is 11.8 Å². The largest absolute Gasteiger partial charge is 0.351 e. The van der Waals surface area contributed by atoms with E-state index in [1.54, 1.807) is 4.90 Å². The Bertz CT molecular complexity index is 255. The first-order valence-corrected chi connectivity index (χ1v) is 5.34. The van der Waals surface area contributed by atoms with Crippen molar-refractivity contribution in [3.63, 3.8) is 0 Å². The zero-order chi connectivity index (χ0) is 11.4. The maximum atomic E-state index is 11.8. The van der Waals surface area contributed by atoms with Gasteiger partial charge in [0.1, 0.15) is 6.04 Å². The molecule has 5 heteroatoms. The summed E-state index contributed by atoms with van der Waals surface area (Å²) in [6.07, 6.45) is 1.65. The standard InChI is InChI=1S/C10H19N3O2/c1-7(6-11)12-10(15)9-4-3-5-13(9)8(2)14/h7,9H,3-6,11H2,1-2H3,(H,12,15)/t7-,9?/m1/s1. The van der Waals surface area contributed by atoms with Gasteiger partial charge in [-0.25, -0.2) is 0 Å². The summed E-state index contributed by atoms with van der Waals surface area (Å²) in [6.45, 7) is 4.45. The number of hydrogen-bond acceptors (Lipinski definition) is 3. The maximum absolute atomic E-state index is 11.8. The Labute approximate surface area is 90.0 Å². The quantitative estimate of drug-likeness (QED) is 0.661. The van der Waals surface area contributed by atoms with Crippen LogP contribution in [-0.2, 0) is 9.59 Å². The van der Waals surface area contributed by atoms with Gasteiger partial charge in [0.15, 0.2) is 0 Å². The van der Waals surface area contributed by atoms with Gasteiger partial charge < -0.3 is 16.0 Å². The smallest absolute Gasteiger partial charge is 0.243 e. The van der Waals surface area contributed by atoms with E-state index in [4.69, 9.17) is 5.73 Å². The highest BCUT2D eigenvalue weighted by Gasteiger charge is 2.32. The van der Waals surface area contributed by atoms with Gasteiger partial charge in [-0.2, -0.15) is 0 Å². The van der Waals surface area contributed by atoms with Gasteiger partial charge in [-0.15, -0.1) is 0 Å². The van der Waals surface area contributed by atoms with Crippen LogP contribution in [0, 0.1) is 0 Å². The Morgan fingerprint density at radius 2 is 2.27 bits per heavy atom. The lowest BCUT2D eigenvalue weighted by Crippen LogP contribution is -2.49. The summed E-state index contributed by atoms with van der Waals surface area (Å²) < 4.78 is 0. The fraction of sp³-hybridized carbons (Fsp3) is 0.800. The zero-order valence-corrected chi connectivity index (χ0v) is 9.32. The van der Waals surface area contributed by atoms with Crippen LogP contribution in [0.2, 0.25) is 0 Å². The molecular weight excluding hydrogens is 194 g/mol. The molecule has 2 atom stereocenters. The van der Waals surface area contributed by atoms with Crippen molar-refractivity contribution in [3.05, 3.63) is 0 Å². The minimum absolute atomic E-state index is 0.0342. The number of carbonyl (C=O) groups is 2. The number of amides is 2. The maximum Gasteiger partial charge on any atom is 0.243 e. The van der Waals surface area contributed by atoms with E-state index < -0.39 is 0 Å². The van der Waals surface area contributed by atoms with Gasteiger partial charge in [0.05, 0.1) is 0 Å². The molecule has 0 aromatic rings. The number of rotatable bonds is 3. The van der Waals surface area contributed by atoms with Gasteiger partial charge in [0.25, 0.3) is 0 Å². The molecule has 1 aliphatic rings. The molecule has 0 saturated carbocycles. The second-order valence-electron chi connectivity index (χ2n) is 4.02. The van der Waals surface area contributed by atoms with Crippen LogP contribution in [0.25, 0.3) is 0 Å². The third-order valence-corrected chi connectivity index (χ3v) is 2.70. The summed E-state index contributed by atoms with van der Waals surface area (Å²) in [5, 5.41) is 2.80. The Hall–Kier alpha value is -1.10. The fourth-order valence-electron chi connectivity index (χ4n) is 1.81. The number of hydrogen-bond donors (Lipinski definition) is 2. The highest BCUT2D eigenvalue weighted by atomic mass is 16.2. The highest BCUT2D eigenvalue weighted by Crippen LogP contribution is 2.17. The van der Waals surface area contributed by atoms with Gasteiger partial charge >= 0.3 is 0 Å². The second-order valence-corrected chi connectivity index (χ2v) is 4.02. The Kier molecular flexibility index (Phi) is 4.08. The molecule has 0 aromatic heterocycles. The van der Waals surface area contributed by atoms with Crippen molar-refractivity contribution >= 4 is 11.8 Å². The minimum Gasteiger partial charge on any atom is -0.351 e. The fourth-order valence-corrected chi connectivity index (χ4v) is 1.81. The molecule has 5 nitrogen and oxygen atoms in total. The van der Waals surface area contributed by atoms with Crippen LogP contribution in [0.5, 0.6) is 0 Å². The van der Waals surface area contributed by atoms with E-state index in [-0.39, 0.29) is 23.9 Å². The van der Waals surface area contributed by atoms with Crippen molar-refractivity contribution in [2.45, 2.75) is 38.8 Å². The Morgan fingerprint density at radius 1 is 1.60 bits per heavy atom. The van der Waals surface area contributed by atoms with Gasteiger partial charge in [-0.05, 0) is 19.8 Å². The summed E-state index contributed by atoms with van der Waals surface area (Å²) in [5.74, 6) is -0.117. The summed E-state index contributed by atoms with van der Waals surface area (Å²) in [4.78, 5) is 24.6. The molecule has 1 heterocycles. The number of carbonyl (C=O) groups excluding carboxylic acids is 2. The SMILES string of the molecule is CC(=O)N1CCCC1C(=O)N[C@H](C)CN. The van der Waals surface area contributed by atoms with Crippen LogP contribution >= 0.6 is 0 Å². The molecule has 15 heavy (non-hydrogen) atoms.